The van der Waals surface area contributed by atoms with Gasteiger partial charge in [-0.15, -0.1) is 0 Å². The van der Waals surface area contributed by atoms with Gasteiger partial charge in [0.25, 0.3) is 0 Å². The third-order valence-corrected chi connectivity index (χ3v) is 3.94. The highest BCUT2D eigenvalue weighted by atomic mass is 35.5. The van der Waals surface area contributed by atoms with Crippen LogP contribution < -0.4 is 10.2 Å². The molecule has 106 valence electrons. The van der Waals surface area contributed by atoms with Gasteiger partial charge in [0.2, 0.25) is 5.28 Å². The van der Waals surface area contributed by atoms with Crippen LogP contribution in [0.3, 0.4) is 0 Å². The van der Waals surface area contributed by atoms with Crippen molar-refractivity contribution in [2.24, 2.45) is 0 Å². The zero-order valence-corrected chi connectivity index (χ0v) is 12.2. The molecule has 1 fully saturated rings. The van der Waals surface area contributed by atoms with Gasteiger partial charge < -0.3 is 10.2 Å². The normalized spacial score (nSPS) is 18.7. The molecule has 3 heterocycles. The van der Waals surface area contributed by atoms with Gasteiger partial charge in [0.05, 0.1) is 5.39 Å². The van der Waals surface area contributed by atoms with Crippen LogP contribution in [-0.4, -0.2) is 41.1 Å². The van der Waals surface area contributed by atoms with Crippen LogP contribution >= 0.6 is 23.2 Å². The molecule has 0 bridgehead atoms. The number of likely N-dealkylation sites (N-methyl/N-ethyl adjacent to an activating group) is 1. The van der Waals surface area contributed by atoms with E-state index in [9.17, 15) is 4.39 Å². The summed E-state index contributed by atoms with van der Waals surface area (Å²) in [6.07, 6.45) is 2.47. The molecule has 0 saturated carbocycles. The highest BCUT2D eigenvalue weighted by Crippen LogP contribution is 2.30. The molecule has 0 aromatic carbocycles. The van der Waals surface area contributed by atoms with E-state index >= 15 is 0 Å². The third kappa shape index (κ3) is 2.28. The van der Waals surface area contributed by atoms with Crippen molar-refractivity contribution in [2.75, 3.05) is 25.0 Å². The second kappa shape index (κ2) is 5.27. The minimum Gasteiger partial charge on any atom is -0.355 e. The van der Waals surface area contributed by atoms with Gasteiger partial charge in [-0.3, -0.25) is 0 Å². The molecule has 2 aromatic rings. The maximum absolute atomic E-state index is 14.0. The largest absolute Gasteiger partial charge is 0.355 e. The van der Waals surface area contributed by atoms with Crippen LogP contribution in [0.4, 0.5) is 10.2 Å². The predicted octanol–water partition coefficient (Wildman–Crippen LogP) is 2.27. The summed E-state index contributed by atoms with van der Waals surface area (Å²) in [7, 11) is 1.91. The molecule has 20 heavy (non-hydrogen) atoms. The minimum atomic E-state index is -0.673. The van der Waals surface area contributed by atoms with E-state index in [0.29, 0.717) is 11.2 Å². The molecule has 1 unspecified atom stereocenters. The quantitative estimate of drug-likeness (QED) is 0.680. The van der Waals surface area contributed by atoms with Crippen LogP contribution in [-0.2, 0) is 0 Å². The van der Waals surface area contributed by atoms with Crippen LogP contribution in [0.5, 0.6) is 0 Å². The molecule has 5 nitrogen and oxygen atoms in total. The molecule has 1 saturated heterocycles. The molecular weight excluding hydrogens is 304 g/mol. The number of fused-ring (bicyclic) bond motifs is 1. The molecule has 1 aliphatic heterocycles. The summed E-state index contributed by atoms with van der Waals surface area (Å²) in [6, 6.07) is 0.280. The summed E-state index contributed by atoms with van der Waals surface area (Å²) >= 11 is 11.6. The summed E-state index contributed by atoms with van der Waals surface area (Å²) in [4.78, 5) is 13.9. The van der Waals surface area contributed by atoms with E-state index < -0.39 is 5.82 Å². The van der Waals surface area contributed by atoms with Crippen molar-refractivity contribution in [3.8, 4) is 0 Å². The van der Waals surface area contributed by atoms with E-state index in [1.165, 1.54) is 6.20 Å². The van der Waals surface area contributed by atoms with E-state index in [4.69, 9.17) is 23.2 Å². The Morgan fingerprint density at radius 1 is 1.40 bits per heavy atom. The van der Waals surface area contributed by atoms with E-state index in [-0.39, 0.29) is 22.0 Å². The molecule has 0 radical (unpaired) electrons. The monoisotopic (exact) mass is 315 g/mol. The Hall–Kier alpha value is -1.24. The number of rotatable bonds is 2. The summed E-state index contributed by atoms with van der Waals surface area (Å²) < 4.78 is 14.0. The van der Waals surface area contributed by atoms with Crippen molar-refractivity contribution in [1.82, 2.24) is 20.3 Å². The smallest absolute Gasteiger partial charge is 0.225 e. The van der Waals surface area contributed by atoms with Crippen molar-refractivity contribution < 1.29 is 4.39 Å². The number of pyridine rings is 1. The lowest BCUT2D eigenvalue weighted by atomic mass is 10.2. The number of aromatic nitrogens is 3. The summed E-state index contributed by atoms with van der Waals surface area (Å²) in [5.41, 5.74) is 0.0952. The van der Waals surface area contributed by atoms with Crippen LogP contribution in [0.15, 0.2) is 6.20 Å². The molecule has 0 aliphatic carbocycles. The van der Waals surface area contributed by atoms with Gasteiger partial charge >= 0.3 is 0 Å². The average Bonchev–Trinajstić information content (AvgIpc) is 2.96. The average molecular weight is 316 g/mol. The Labute approximate surface area is 125 Å². The Morgan fingerprint density at radius 3 is 2.90 bits per heavy atom. The first-order chi connectivity index (χ1) is 9.58. The molecule has 1 N–H and O–H groups in total. The van der Waals surface area contributed by atoms with Crippen molar-refractivity contribution in [2.45, 2.75) is 12.5 Å². The van der Waals surface area contributed by atoms with Crippen molar-refractivity contribution in [3.63, 3.8) is 0 Å². The number of nitrogens with one attached hydrogen (secondary N) is 1. The number of anilines is 1. The topological polar surface area (TPSA) is 53.9 Å². The van der Waals surface area contributed by atoms with Gasteiger partial charge in [0.15, 0.2) is 11.0 Å². The molecule has 8 heteroatoms. The Bertz CT molecular complexity index is 660. The SMILES string of the molecule is CN(c1nc(Cl)nc2c(F)c(Cl)ncc12)C1CCNC1. The van der Waals surface area contributed by atoms with Gasteiger partial charge in [-0.25, -0.2) is 14.4 Å². The first-order valence-corrected chi connectivity index (χ1v) is 6.94. The second-order valence-corrected chi connectivity index (χ2v) is 5.40. The molecule has 3 rings (SSSR count). The summed E-state index contributed by atoms with van der Waals surface area (Å²) in [6.45, 7) is 1.80. The number of hydrogen-bond acceptors (Lipinski definition) is 5. The lowest BCUT2D eigenvalue weighted by molar-refractivity contribution is 0.630. The zero-order chi connectivity index (χ0) is 14.3. The zero-order valence-electron chi connectivity index (χ0n) is 10.7. The van der Waals surface area contributed by atoms with Crippen molar-refractivity contribution in [1.29, 1.82) is 0 Å². The Morgan fingerprint density at radius 2 is 2.20 bits per heavy atom. The lowest BCUT2D eigenvalue weighted by Crippen LogP contribution is -2.34. The summed E-state index contributed by atoms with van der Waals surface area (Å²) in [5.74, 6) is -0.107. The van der Waals surface area contributed by atoms with E-state index in [1.807, 2.05) is 11.9 Å². The maximum atomic E-state index is 14.0. The first kappa shape index (κ1) is 13.7. The molecular formula is C12H12Cl2FN5. The number of nitrogens with zero attached hydrogens (tertiary/aromatic N) is 4. The fourth-order valence-corrected chi connectivity index (χ4v) is 2.71. The second-order valence-electron chi connectivity index (χ2n) is 4.70. The van der Waals surface area contributed by atoms with Crippen LogP contribution in [0.25, 0.3) is 10.9 Å². The highest BCUT2D eigenvalue weighted by Gasteiger charge is 2.24. The first-order valence-electron chi connectivity index (χ1n) is 6.18. The van der Waals surface area contributed by atoms with Crippen LogP contribution in [0.2, 0.25) is 10.4 Å². The Kier molecular flexibility index (Phi) is 3.62. The molecule has 0 amide bonds. The van der Waals surface area contributed by atoms with Gasteiger partial charge in [-0.05, 0) is 24.6 Å². The molecule has 2 aromatic heterocycles. The standard InChI is InChI=1S/C12H12Cl2FN5/c1-20(6-2-3-16-4-6)11-7-5-17-10(13)8(15)9(7)18-12(14)19-11/h5-6,16H,2-4H2,1H3. The third-order valence-electron chi connectivity index (χ3n) is 3.51. The fourth-order valence-electron chi connectivity index (χ4n) is 2.40. The molecule has 1 atom stereocenters. The molecule has 1 aliphatic rings. The van der Waals surface area contributed by atoms with Gasteiger partial charge in [0, 0.05) is 25.8 Å². The fraction of sp³-hybridized carbons (Fsp3) is 0.417. The Balaban J connectivity index is 2.17. The van der Waals surface area contributed by atoms with Crippen molar-refractivity contribution >= 4 is 39.9 Å². The number of halogens is 3. The van der Waals surface area contributed by atoms with Crippen LogP contribution in [0, 0.1) is 5.82 Å². The van der Waals surface area contributed by atoms with Gasteiger partial charge in [-0.2, -0.15) is 4.98 Å². The van der Waals surface area contributed by atoms with E-state index in [0.717, 1.165) is 19.5 Å². The van der Waals surface area contributed by atoms with Gasteiger partial charge in [0.1, 0.15) is 11.3 Å². The van der Waals surface area contributed by atoms with Gasteiger partial charge in [-0.1, -0.05) is 11.6 Å². The number of hydrogen-bond donors (Lipinski definition) is 1. The maximum Gasteiger partial charge on any atom is 0.225 e. The van der Waals surface area contributed by atoms with E-state index in [1.54, 1.807) is 0 Å². The summed E-state index contributed by atoms with van der Waals surface area (Å²) in [5, 5.41) is 3.56. The van der Waals surface area contributed by atoms with Crippen LogP contribution in [0.1, 0.15) is 6.42 Å². The highest BCUT2D eigenvalue weighted by molar-refractivity contribution is 6.30. The lowest BCUT2D eigenvalue weighted by Gasteiger charge is -2.25. The predicted molar refractivity (Wildman–Crippen MR) is 77.0 cm³/mol. The van der Waals surface area contributed by atoms with Crippen molar-refractivity contribution in [3.05, 3.63) is 22.5 Å². The van der Waals surface area contributed by atoms with E-state index in [2.05, 4.69) is 20.3 Å². The molecule has 0 spiro atoms. The minimum absolute atomic E-state index is 0.00790.